The van der Waals surface area contributed by atoms with Gasteiger partial charge in [-0.2, -0.15) is 0 Å². The number of anilines is 1. The first-order valence-electron chi connectivity index (χ1n) is 5.52. The average Bonchev–Trinajstić information content (AvgIpc) is 2.77. The lowest BCUT2D eigenvalue weighted by atomic mass is 10.2. The van der Waals surface area contributed by atoms with Crippen LogP contribution in [0.2, 0.25) is 9.36 Å². The van der Waals surface area contributed by atoms with Crippen molar-refractivity contribution in [3.8, 4) is 0 Å². The van der Waals surface area contributed by atoms with Crippen molar-refractivity contribution < 1.29 is 4.79 Å². The quantitative estimate of drug-likeness (QED) is 0.873. The van der Waals surface area contributed by atoms with Gasteiger partial charge >= 0.3 is 0 Å². The van der Waals surface area contributed by atoms with Crippen LogP contribution in [0.1, 0.15) is 15.2 Å². The van der Waals surface area contributed by atoms with Crippen LogP contribution in [0.15, 0.2) is 30.3 Å². The van der Waals surface area contributed by atoms with Crippen molar-refractivity contribution in [1.29, 1.82) is 0 Å². The third-order valence-electron chi connectivity index (χ3n) is 2.59. The van der Waals surface area contributed by atoms with E-state index in [0.717, 1.165) is 4.88 Å². The summed E-state index contributed by atoms with van der Waals surface area (Å²) in [5, 5.41) is 0.398. The number of rotatable bonds is 3. The van der Waals surface area contributed by atoms with Crippen LogP contribution >= 0.6 is 34.5 Å². The van der Waals surface area contributed by atoms with Gasteiger partial charge in [0, 0.05) is 17.6 Å². The lowest BCUT2D eigenvalue weighted by Gasteiger charge is -2.17. The first kappa shape index (κ1) is 14.2. The van der Waals surface area contributed by atoms with E-state index in [4.69, 9.17) is 28.9 Å². The predicted molar refractivity (Wildman–Crippen MR) is 81.0 cm³/mol. The van der Waals surface area contributed by atoms with Crippen molar-refractivity contribution >= 4 is 46.1 Å². The van der Waals surface area contributed by atoms with Crippen LogP contribution in [0.5, 0.6) is 0 Å². The number of nitrogens with two attached hydrogens (primary N) is 1. The highest BCUT2D eigenvalue weighted by Crippen LogP contribution is 2.24. The molecule has 0 aliphatic heterocycles. The first-order chi connectivity index (χ1) is 8.97. The number of benzene rings is 1. The highest BCUT2D eigenvalue weighted by atomic mass is 35.5. The van der Waals surface area contributed by atoms with E-state index in [0.29, 0.717) is 27.2 Å². The molecular weight excluding hydrogens is 303 g/mol. The van der Waals surface area contributed by atoms with Gasteiger partial charge < -0.3 is 10.6 Å². The molecule has 0 radical (unpaired) electrons. The second-order valence-corrected chi connectivity index (χ2v) is 6.31. The van der Waals surface area contributed by atoms with Crippen LogP contribution in [0.25, 0.3) is 0 Å². The number of nitrogens with zero attached hydrogens (tertiary/aromatic N) is 1. The molecule has 2 N–H and O–H groups in total. The minimum Gasteiger partial charge on any atom is -0.399 e. The van der Waals surface area contributed by atoms with Crippen LogP contribution < -0.4 is 5.73 Å². The minimum atomic E-state index is -0.165. The molecule has 2 rings (SSSR count). The van der Waals surface area contributed by atoms with Gasteiger partial charge in [0.05, 0.1) is 21.5 Å². The summed E-state index contributed by atoms with van der Waals surface area (Å²) in [6.45, 7) is 0.487. The first-order valence-corrected chi connectivity index (χ1v) is 7.09. The molecule has 0 atom stereocenters. The summed E-state index contributed by atoms with van der Waals surface area (Å²) in [6, 6.07) is 8.59. The zero-order valence-corrected chi connectivity index (χ0v) is 12.5. The Morgan fingerprint density at radius 3 is 2.68 bits per heavy atom. The molecule has 1 heterocycles. The summed E-state index contributed by atoms with van der Waals surface area (Å²) < 4.78 is 0.706. The Morgan fingerprint density at radius 2 is 2.05 bits per heavy atom. The van der Waals surface area contributed by atoms with E-state index in [1.807, 2.05) is 12.1 Å². The molecule has 0 bridgehead atoms. The molecule has 0 unspecified atom stereocenters. The molecule has 0 fully saturated rings. The third kappa shape index (κ3) is 3.41. The van der Waals surface area contributed by atoms with Crippen molar-refractivity contribution in [3.05, 3.63) is 50.1 Å². The molecule has 0 saturated heterocycles. The maximum Gasteiger partial charge on any atom is 0.255 e. The van der Waals surface area contributed by atoms with Gasteiger partial charge in [0.25, 0.3) is 5.91 Å². The fourth-order valence-electron chi connectivity index (χ4n) is 1.65. The summed E-state index contributed by atoms with van der Waals surface area (Å²) in [6.07, 6.45) is 0. The molecule has 1 aromatic heterocycles. The SMILES string of the molecule is CN(Cc1ccc(Cl)s1)C(=O)c1cc(N)ccc1Cl. The van der Waals surface area contributed by atoms with E-state index in [1.54, 1.807) is 30.1 Å². The molecule has 100 valence electrons. The Balaban J connectivity index is 2.16. The smallest absolute Gasteiger partial charge is 0.255 e. The Morgan fingerprint density at radius 1 is 1.32 bits per heavy atom. The second-order valence-electron chi connectivity index (χ2n) is 4.11. The van der Waals surface area contributed by atoms with Crippen LogP contribution in [0.4, 0.5) is 5.69 Å². The fourth-order valence-corrected chi connectivity index (χ4v) is 2.99. The standard InChI is InChI=1S/C13H12Cl2N2OS/c1-17(7-9-3-5-12(15)19-9)13(18)10-6-8(16)2-4-11(10)14/h2-6H,7,16H2,1H3. The van der Waals surface area contributed by atoms with E-state index in [9.17, 15) is 4.79 Å². The largest absolute Gasteiger partial charge is 0.399 e. The van der Waals surface area contributed by atoms with Crippen molar-refractivity contribution in [2.24, 2.45) is 0 Å². The number of hydrogen-bond acceptors (Lipinski definition) is 3. The predicted octanol–water partition coefficient (Wildman–Crippen LogP) is 3.91. The van der Waals surface area contributed by atoms with Gasteiger partial charge in [-0.05, 0) is 30.3 Å². The van der Waals surface area contributed by atoms with Gasteiger partial charge in [-0.15, -0.1) is 11.3 Å². The van der Waals surface area contributed by atoms with Crippen LogP contribution in [0, 0.1) is 0 Å². The number of amides is 1. The summed E-state index contributed by atoms with van der Waals surface area (Å²) in [7, 11) is 1.72. The fraction of sp³-hybridized carbons (Fsp3) is 0.154. The summed E-state index contributed by atoms with van der Waals surface area (Å²) in [5.74, 6) is -0.165. The molecule has 0 spiro atoms. The summed E-state index contributed by atoms with van der Waals surface area (Å²) >= 11 is 13.3. The highest BCUT2D eigenvalue weighted by Gasteiger charge is 2.16. The molecule has 0 saturated carbocycles. The van der Waals surface area contributed by atoms with E-state index in [1.165, 1.54) is 11.3 Å². The average molecular weight is 315 g/mol. The second kappa shape index (κ2) is 5.82. The minimum absolute atomic E-state index is 0.165. The van der Waals surface area contributed by atoms with E-state index < -0.39 is 0 Å². The third-order valence-corrected chi connectivity index (χ3v) is 4.13. The topological polar surface area (TPSA) is 46.3 Å². The number of nitrogen functional groups attached to an aromatic ring is 1. The van der Waals surface area contributed by atoms with Gasteiger partial charge in [0.1, 0.15) is 0 Å². The van der Waals surface area contributed by atoms with E-state index in [-0.39, 0.29) is 5.91 Å². The van der Waals surface area contributed by atoms with Gasteiger partial charge in [-0.25, -0.2) is 0 Å². The molecule has 0 aliphatic rings. The Labute approximate surface area is 125 Å². The highest BCUT2D eigenvalue weighted by molar-refractivity contribution is 7.16. The van der Waals surface area contributed by atoms with Crippen molar-refractivity contribution in [1.82, 2.24) is 4.90 Å². The number of carbonyl (C=O) groups is 1. The van der Waals surface area contributed by atoms with Gasteiger partial charge in [0.15, 0.2) is 0 Å². The van der Waals surface area contributed by atoms with E-state index in [2.05, 4.69) is 0 Å². The van der Waals surface area contributed by atoms with Gasteiger partial charge in [-0.3, -0.25) is 4.79 Å². The van der Waals surface area contributed by atoms with Crippen molar-refractivity contribution in [2.75, 3.05) is 12.8 Å². The number of thiophene rings is 1. The molecule has 1 amide bonds. The molecule has 1 aromatic carbocycles. The number of hydrogen-bond donors (Lipinski definition) is 1. The summed E-state index contributed by atoms with van der Waals surface area (Å²) in [5.41, 5.74) is 6.60. The lowest BCUT2D eigenvalue weighted by molar-refractivity contribution is 0.0786. The maximum absolute atomic E-state index is 12.3. The molecule has 0 aliphatic carbocycles. The zero-order valence-electron chi connectivity index (χ0n) is 10.2. The monoisotopic (exact) mass is 314 g/mol. The summed E-state index contributed by atoms with van der Waals surface area (Å²) in [4.78, 5) is 14.9. The number of carbonyl (C=O) groups excluding carboxylic acids is 1. The van der Waals surface area contributed by atoms with Crippen LogP contribution in [-0.2, 0) is 6.54 Å². The van der Waals surface area contributed by atoms with E-state index >= 15 is 0 Å². The molecule has 19 heavy (non-hydrogen) atoms. The van der Waals surface area contributed by atoms with Crippen molar-refractivity contribution in [2.45, 2.75) is 6.54 Å². The van der Waals surface area contributed by atoms with Crippen LogP contribution in [0.3, 0.4) is 0 Å². The van der Waals surface area contributed by atoms with Gasteiger partial charge in [-0.1, -0.05) is 23.2 Å². The van der Waals surface area contributed by atoms with Gasteiger partial charge in [0.2, 0.25) is 0 Å². The maximum atomic E-state index is 12.3. The number of halogens is 2. The zero-order chi connectivity index (χ0) is 14.0. The lowest BCUT2D eigenvalue weighted by Crippen LogP contribution is -2.26. The Hall–Kier alpha value is -1.23. The molecule has 2 aromatic rings. The Kier molecular flexibility index (Phi) is 4.34. The molecule has 3 nitrogen and oxygen atoms in total. The van der Waals surface area contributed by atoms with Crippen molar-refractivity contribution in [3.63, 3.8) is 0 Å². The molecule has 6 heteroatoms. The Bertz CT molecular complexity index is 612. The van der Waals surface area contributed by atoms with Crippen LogP contribution in [-0.4, -0.2) is 17.9 Å². The normalized spacial score (nSPS) is 10.5. The molecular formula is C13H12Cl2N2OS.